The van der Waals surface area contributed by atoms with E-state index in [9.17, 15) is 9.59 Å². The van der Waals surface area contributed by atoms with Crippen LogP contribution in [0, 0.1) is 6.92 Å². The third kappa shape index (κ3) is 4.47. The van der Waals surface area contributed by atoms with Crippen LogP contribution in [0.4, 0.5) is 10.5 Å². The van der Waals surface area contributed by atoms with Gasteiger partial charge < -0.3 is 20.4 Å². The molecule has 0 bridgehead atoms. The van der Waals surface area contributed by atoms with Gasteiger partial charge in [0.2, 0.25) is 5.91 Å². The minimum absolute atomic E-state index is 0.241. The smallest absolute Gasteiger partial charge is 0.407 e. The van der Waals surface area contributed by atoms with Gasteiger partial charge in [-0.3, -0.25) is 4.79 Å². The summed E-state index contributed by atoms with van der Waals surface area (Å²) in [6.07, 6.45) is 1.61. The molecule has 0 saturated heterocycles. The molecular weight excluding hydrogens is 342 g/mol. The average Bonchev–Trinajstić information content (AvgIpc) is 3.06. The molecule has 27 heavy (non-hydrogen) atoms. The van der Waals surface area contributed by atoms with Crippen LogP contribution in [0.5, 0.6) is 0 Å². The summed E-state index contributed by atoms with van der Waals surface area (Å²) in [6.45, 7) is 3.88. The summed E-state index contributed by atoms with van der Waals surface area (Å²) in [4.78, 5) is 28.0. The number of hydrogen-bond acceptors (Lipinski definition) is 3. The molecular formula is C21H23N3O3. The van der Waals surface area contributed by atoms with Gasteiger partial charge in [-0.25, -0.2) is 4.79 Å². The molecule has 0 radical (unpaired) electrons. The number of anilines is 1. The second kappa shape index (κ2) is 8.40. The quantitative estimate of drug-likeness (QED) is 0.622. The monoisotopic (exact) mass is 365 g/mol. The summed E-state index contributed by atoms with van der Waals surface area (Å²) < 4.78 is 4.97. The zero-order valence-electron chi connectivity index (χ0n) is 15.4. The van der Waals surface area contributed by atoms with E-state index in [1.807, 2.05) is 61.7 Å². The zero-order chi connectivity index (χ0) is 19.2. The first kappa shape index (κ1) is 18.5. The highest BCUT2D eigenvalue weighted by molar-refractivity contribution is 5.97. The van der Waals surface area contributed by atoms with Crippen LogP contribution in [0.15, 0.2) is 54.7 Å². The minimum atomic E-state index is -0.761. The van der Waals surface area contributed by atoms with Crippen LogP contribution in [-0.4, -0.2) is 29.6 Å². The number of carbonyl (C=O) groups is 2. The lowest BCUT2D eigenvalue weighted by Crippen LogP contribution is -2.45. The fraction of sp³-hybridized carbons (Fsp3) is 0.238. The molecule has 0 aliphatic carbocycles. The van der Waals surface area contributed by atoms with E-state index in [0.29, 0.717) is 6.42 Å². The summed E-state index contributed by atoms with van der Waals surface area (Å²) in [5, 5.41) is 6.60. The lowest BCUT2D eigenvalue weighted by Gasteiger charge is -2.19. The summed E-state index contributed by atoms with van der Waals surface area (Å²) >= 11 is 0. The minimum Gasteiger partial charge on any atom is -0.450 e. The van der Waals surface area contributed by atoms with Gasteiger partial charge in [0.25, 0.3) is 0 Å². The molecule has 0 fully saturated rings. The Morgan fingerprint density at radius 2 is 1.85 bits per heavy atom. The maximum atomic E-state index is 12.9. The van der Waals surface area contributed by atoms with Gasteiger partial charge in [0.15, 0.2) is 0 Å². The van der Waals surface area contributed by atoms with Crippen LogP contribution in [0.1, 0.15) is 18.1 Å². The van der Waals surface area contributed by atoms with Crippen molar-refractivity contribution in [3.63, 3.8) is 0 Å². The van der Waals surface area contributed by atoms with Crippen LogP contribution >= 0.6 is 0 Å². The number of nitrogens with one attached hydrogen (secondary N) is 3. The molecule has 1 aromatic heterocycles. The lowest BCUT2D eigenvalue weighted by molar-refractivity contribution is -0.118. The van der Waals surface area contributed by atoms with Gasteiger partial charge in [-0.1, -0.05) is 36.4 Å². The largest absolute Gasteiger partial charge is 0.450 e. The molecule has 0 aliphatic rings. The molecule has 0 unspecified atom stereocenters. The van der Waals surface area contributed by atoms with Gasteiger partial charge in [0.05, 0.1) is 6.61 Å². The summed E-state index contributed by atoms with van der Waals surface area (Å²) in [6, 6.07) is 14.6. The van der Waals surface area contributed by atoms with Crippen molar-refractivity contribution < 1.29 is 14.3 Å². The highest BCUT2D eigenvalue weighted by atomic mass is 16.5. The van der Waals surface area contributed by atoms with E-state index in [1.165, 1.54) is 0 Å². The Kier molecular flexibility index (Phi) is 5.76. The van der Waals surface area contributed by atoms with Crippen LogP contribution in [0.2, 0.25) is 0 Å². The van der Waals surface area contributed by atoms with E-state index >= 15 is 0 Å². The molecule has 2 amide bonds. The Morgan fingerprint density at radius 3 is 2.63 bits per heavy atom. The van der Waals surface area contributed by atoms with Crippen LogP contribution in [0.25, 0.3) is 10.9 Å². The van der Waals surface area contributed by atoms with Crippen molar-refractivity contribution >= 4 is 28.6 Å². The number of alkyl carbamates (subject to hydrolysis) is 1. The van der Waals surface area contributed by atoms with Crippen molar-refractivity contribution in [3.05, 3.63) is 65.9 Å². The van der Waals surface area contributed by atoms with E-state index in [-0.39, 0.29) is 12.5 Å². The van der Waals surface area contributed by atoms with Crippen LogP contribution in [-0.2, 0) is 16.0 Å². The second-order valence-corrected chi connectivity index (χ2v) is 6.29. The Morgan fingerprint density at radius 1 is 1.11 bits per heavy atom. The molecule has 0 spiro atoms. The molecule has 3 aromatic rings. The Hall–Kier alpha value is -3.28. The van der Waals surface area contributed by atoms with Crippen molar-refractivity contribution in [3.8, 4) is 0 Å². The summed E-state index contributed by atoms with van der Waals surface area (Å²) in [5.41, 5.74) is 3.61. The molecule has 140 valence electrons. The summed E-state index contributed by atoms with van der Waals surface area (Å²) in [5.74, 6) is -0.289. The standard InChI is InChI=1S/C21H23N3O3/c1-3-27-21(26)24-19(20(25)23-17-10-6-4-8-14(17)2)12-15-13-22-18-11-7-5-9-16(15)18/h4-11,13,19,22H,3,12H2,1-2H3,(H,23,25)(H,24,26)/t19-/m1/s1. The number of rotatable bonds is 6. The fourth-order valence-corrected chi connectivity index (χ4v) is 2.98. The number of amides is 2. The highest BCUT2D eigenvalue weighted by Gasteiger charge is 2.23. The number of ether oxygens (including phenoxy) is 1. The maximum Gasteiger partial charge on any atom is 0.407 e. The molecule has 1 atom stereocenters. The molecule has 6 nitrogen and oxygen atoms in total. The average molecular weight is 365 g/mol. The number of benzene rings is 2. The van der Waals surface area contributed by atoms with E-state index < -0.39 is 12.1 Å². The third-order valence-corrected chi connectivity index (χ3v) is 4.39. The number of aryl methyl sites for hydroxylation is 1. The molecule has 6 heteroatoms. The van der Waals surface area contributed by atoms with Gasteiger partial charge in [0, 0.05) is 29.2 Å². The summed E-state index contributed by atoms with van der Waals surface area (Å²) in [7, 11) is 0. The van der Waals surface area contributed by atoms with Crippen molar-refractivity contribution in [2.75, 3.05) is 11.9 Å². The number of carbonyl (C=O) groups excluding carboxylic acids is 2. The molecule has 3 rings (SSSR count). The first-order valence-corrected chi connectivity index (χ1v) is 8.93. The molecule has 3 N–H and O–H groups in total. The van der Waals surface area contributed by atoms with E-state index in [2.05, 4.69) is 15.6 Å². The van der Waals surface area contributed by atoms with E-state index in [0.717, 1.165) is 27.7 Å². The van der Waals surface area contributed by atoms with E-state index in [4.69, 9.17) is 4.74 Å². The SMILES string of the molecule is CCOC(=O)N[C@H](Cc1c[nH]c2ccccc12)C(=O)Nc1ccccc1C. The van der Waals surface area contributed by atoms with Crippen molar-refractivity contribution in [1.82, 2.24) is 10.3 Å². The Labute approximate surface area is 157 Å². The fourth-order valence-electron chi connectivity index (χ4n) is 2.98. The molecule has 0 aliphatic heterocycles. The van der Waals surface area contributed by atoms with Crippen molar-refractivity contribution in [2.24, 2.45) is 0 Å². The Balaban J connectivity index is 1.82. The van der Waals surface area contributed by atoms with Gasteiger partial charge in [-0.15, -0.1) is 0 Å². The number of fused-ring (bicyclic) bond motifs is 1. The van der Waals surface area contributed by atoms with E-state index in [1.54, 1.807) is 6.92 Å². The van der Waals surface area contributed by atoms with Crippen molar-refractivity contribution in [2.45, 2.75) is 26.3 Å². The normalized spacial score (nSPS) is 11.8. The first-order valence-electron chi connectivity index (χ1n) is 8.93. The molecule has 0 saturated carbocycles. The van der Waals surface area contributed by atoms with Gasteiger partial charge in [0.1, 0.15) is 6.04 Å². The third-order valence-electron chi connectivity index (χ3n) is 4.39. The predicted octanol–water partition coefficient (Wildman–Crippen LogP) is 3.77. The maximum absolute atomic E-state index is 12.9. The second-order valence-electron chi connectivity index (χ2n) is 6.29. The Bertz CT molecular complexity index is 949. The number of hydrogen-bond donors (Lipinski definition) is 3. The highest BCUT2D eigenvalue weighted by Crippen LogP contribution is 2.20. The number of aromatic amines is 1. The zero-order valence-corrected chi connectivity index (χ0v) is 15.4. The lowest BCUT2D eigenvalue weighted by atomic mass is 10.0. The van der Waals surface area contributed by atoms with Gasteiger partial charge in [-0.05, 0) is 37.1 Å². The number of aromatic nitrogens is 1. The van der Waals surface area contributed by atoms with Crippen LogP contribution in [0.3, 0.4) is 0 Å². The van der Waals surface area contributed by atoms with Crippen molar-refractivity contribution in [1.29, 1.82) is 0 Å². The topological polar surface area (TPSA) is 83.2 Å². The number of H-pyrrole nitrogens is 1. The number of para-hydroxylation sites is 2. The first-order chi connectivity index (χ1) is 13.1. The van der Waals surface area contributed by atoms with Crippen LogP contribution < -0.4 is 10.6 Å². The van der Waals surface area contributed by atoms with Gasteiger partial charge >= 0.3 is 6.09 Å². The molecule has 2 aromatic carbocycles. The van der Waals surface area contributed by atoms with Gasteiger partial charge in [-0.2, -0.15) is 0 Å². The molecule has 1 heterocycles. The predicted molar refractivity (Wildman–Crippen MR) is 106 cm³/mol.